The van der Waals surface area contributed by atoms with Gasteiger partial charge in [0.2, 0.25) is 0 Å². The van der Waals surface area contributed by atoms with Gasteiger partial charge in [0.15, 0.2) is 0 Å². The molecule has 0 aromatic heterocycles. The van der Waals surface area contributed by atoms with Crippen molar-refractivity contribution in [1.29, 1.82) is 0 Å². The fraction of sp³-hybridized carbons (Fsp3) is 0.400. The van der Waals surface area contributed by atoms with Gasteiger partial charge in [0.25, 0.3) is 0 Å². The molecule has 0 bridgehead atoms. The Bertz CT molecular complexity index is 228. The summed E-state index contributed by atoms with van der Waals surface area (Å²) in [7, 11) is 0. The lowest BCUT2D eigenvalue weighted by molar-refractivity contribution is 0.626. The first-order chi connectivity index (χ1) is 5.68. The molecule has 2 heteroatoms. The molecule has 0 fully saturated rings. The van der Waals surface area contributed by atoms with Crippen LogP contribution in [-0.4, -0.2) is 5.38 Å². The van der Waals surface area contributed by atoms with Gasteiger partial charge in [-0.15, -0.1) is 11.6 Å². The molecule has 1 aromatic carbocycles. The fourth-order valence-corrected chi connectivity index (χ4v) is 1.13. The number of rotatable bonds is 3. The predicted octanol–water partition coefficient (Wildman–Crippen LogP) is 3.39. The molecule has 66 valence electrons. The van der Waals surface area contributed by atoms with Crippen LogP contribution in [0.5, 0.6) is 0 Å². The lowest BCUT2D eigenvalue weighted by Crippen LogP contribution is -1.94. The topological polar surface area (TPSA) is 0 Å². The normalized spacial score (nSPS) is 12.9. The standard InChI is InChI=1S/C10H12ClF/c1-8(11)2-3-9-4-6-10(12)7-5-9/h4-8H,2-3H2,1H3. The number of benzene rings is 1. The van der Waals surface area contributed by atoms with Gasteiger partial charge in [-0.1, -0.05) is 12.1 Å². The second-order valence-electron chi connectivity index (χ2n) is 2.95. The highest BCUT2D eigenvalue weighted by Gasteiger charge is 1.98. The van der Waals surface area contributed by atoms with E-state index in [4.69, 9.17) is 11.6 Å². The summed E-state index contributed by atoms with van der Waals surface area (Å²) in [5.41, 5.74) is 1.14. The van der Waals surface area contributed by atoms with Gasteiger partial charge in [0.05, 0.1) is 0 Å². The van der Waals surface area contributed by atoms with Crippen molar-refractivity contribution in [2.45, 2.75) is 25.1 Å². The number of halogens is 2. The van der Waals surface area contributed by atoms with Crippen molar-refractivity contribution >= 4 is 11.6 Å². The smallest absolute Gasteiger partial charge is 0.123 e. The van der Waals surface area contributed by atoms with E-state index in [1.165, 1.54) is 12.1 Å². The first kappa shape index (κ1) is 9.53. The quantitative estimate of drug-likeness (QED) is 0.635. The largest absolute Gasteiger partial charge is 0.207 e. The summed E-state index contributed by atoms with van der Waals surface area (Å²) >= 11 is 5.78. The van der Waals surface area contributed by atoms with Gasteiger partial charge in [-0.2, -0.15) is 0 Å². The summed E-state index contributed by atoms with van der Waals surface area (Å²) in [6, 6.07) is 6.56. The van der Waals surface area contributed by atoms with Gasteiger partial charge in [-0.3, -0.25) is 0 Å². The molecule has 0 spiro atoms. The molecule has 1 rings (SSSR count). The summed E-state index contributed by atoms with van der Waals surface area (Å²) in [6.45, 7) is 1.96. The Hall–Kier alpha value is -0.560. The Labute approximate surface area is 77.4 Å². The molecule has 1 aromatic rings. The van der Waals surface area contributed by atoms with Crippen molar-refractivity contribution < 1.29 is 4.39 Å². The van der Waals surface area contributed by atoms with Gasteiger partial charge in [-0.25, -0.2) is 4.39 Å². The third-order valence-corrected chi connectivity index (χ3v) is 1.96. The van der Waals surface area contributed by atoms with Crippen molar-refractivity contribution in [3.05, 3.63) is 35.6 Å². The van der Waals surface area contributed by atoms with E-state index in [2.05, 4.69) is 0 Å². The Morgan fingerprint density at radius 1 is 1.33 bits per heavy atom. The van der Waals surface area contributed by atoms with Crippen LogP contribution in [0.4, 0.5) is 4.39 Å². The summed E-state index contributed by atoms with van der Waals surface area (Å²) in [6.07, 6.45) is 1.86. The second kappa shape index (κ2) is 4.46. The molecule has 12 heavy (non-hydrogen) atoms. The van der Waals surface area contributed by atoms with Crippen LogP contribution in [0.25, 0.3) is 0 Å². The molecule has 0 amide bonds. The molecule has 0 radical (unpaired) electrons. The van der Waals surface area contributed by atoms with E-state index in [1.54, 1.807) is 12.1 Å². The monoisotopic (exact) mass is 186 g/mol. The van der Waals surface area contributed by atoms with Crippen LogP contribution in [0.3, 0.4) is 0 Å². The molecule has 0 aliphatic heterocycles. The van der Waals surface area contributed by atoms with Crippen LogP contribution < -0.4 is 0 Å². The van der Waals surface area contributed by atoms with Crippen molar-refractivity contribution in [1.82, 2.24) is 0 Å². The van der Waals surface area contributed by atoms with Gasteiger partial charge >= 0.3 is 0 Å². The summed E-state index contributed by atoms with van der Waals surface area (Å²) < 4.78 is 12.5. The first-order valence-electron chi connectivity index (χ1n) is 4.07. The van der Waals surface area contributed by atoms with Gasteiger partial charge < -0.3 is 0 Å². The maximum Gasteiger partial charge on any atom is 0.123 e. The average Bonchev–Trinajstić information content (AvgIpc) is 2.03. The van der Waals surface area contributed by atoms with E-state index >= 15 is 0 Å². The molecular weight excluding hydrogens is 175 g/mol. The number of hydrogen-bond donors (Lipinski definition) is 0. The maximum absolute atomic E-state index is 12.5. The molecule has 0 saturated heterocycles. The molecular formula is C10H12ClF. The van der Waals surface area contributed by atoms with Crippen molar-refractivity contribution in [2.75, 3.05) is 0 Å². The number of hydrogen-bond acceptors (Lipinski definition) is 0. The molecule has 0 saturated carbocycles. The zero-order chi connectivity index (χ0) is 8.97. The summed E-state index contributed by atoms with van der Waals surface area (Å²) in [4.78, 5) is 0. The Morgan fingerprint density at radius 3 is 2.42 bits per heavy atom. The van der Waals surface area contributed by atoms with Crippen LogP contribution in [0.1, 0.15) is 18.9 Å². The van der Waals surface area contributed by atoms with Crippen LogP contribution in [0.2, 0.25) is 0 Å². The van der Waals surface area contributed by atoms with Crippen LogP contribution in [-0.2, 0) is 6.42 Å². The van der Waals surface area contributed by atoms with Crippen molar-refractivity contribution in [2.24, 2.45) is 0 Å². The van der Waals surface area contributed by atoms with E-state index < -0.39 is 0 Å². The van der Waals surface area contributed by atoms with Crippen LogP contribution >= 0.6 is 11.6 Å². The highest BCUT2D eigenvalue weighted by Crippen LogP contribution is 2.09. The lowest BCUT2D eigenvalue weighted by Gasteiger charge is -2.02. The molecule has 0 aliphatic carbocycles. The van der Waals surface area contributed by atoms with E-state index in [0.717, 1.165) is 18.4 Å². The first-order valence-corrected chi connectivity index (χ1v) is 4.50. The highest BCUT2D eigenvalue weighted by atomic mass is 35.5. The number of aryl methyl sites for hydroxylation is 1. The summed E-state index contributed by atoms with van der Waals surface area (Å²) in [5, 5.41) is 0.190. The van der Waals surface area contributed by atoms with E-state index in [0.29, 0.717) is 0 Å². The van der Waals surface area contributed by atoms with E-state index in [1.807, 2.05) is 6.92 Å². The average molecular weight is 187 g/mol. The zero-order valence-corrected chi connectivity index (χ0v) is 7.81. The third kappa shape index (κ3) is 3.22. The number of alkyl halides is 1. The van der Waals surface area contributed by atoms with Gasteiger partial charge in [0, 0.05) is 5.38 Å². The van der Waals surface area contributed by atoms with Crippen LogP contribution in [0.15, 0.2) is 24.3 Å². The van der Waals surface area contributed by atoms with E-state index in [-0.39, 0.29) is 11.2 Å². The Kier molecular flexibility index (Phi) is 3.54. The Morgan fingerprint density at radius 2 is 1.92 bits per heavy atom. The highest BCUT2D eigenvalue weighted by molar-refractivity contribution is 6.20. The molecule has 0 aliphatic rings. The molecule has 0 heterocycles. The molecule has 0 N–H and O–H groups in total. The third-order valence-electron chi connectivity index (χ3n) is 1.74. The molecule has 1 atom stereocenters. The minimum absolute atomic E-state index is 0.183. The Balaban J connectivity index is 2.48. The van der Waals surface area contributed by atoms with Crippen LogP contribution in [0, 0.1) is 5.82 Å². The molecule has 1 unspecified atom stereocenters. The SMILES string of the molecule is CC(Cl)CCc1ccc(F)cc1. The zero-order valence-electron chi connectivity index (χ0n) is 7.06. The second-order valence-corrected chi connectivity index (χ2v) is 3.69. The van der Waals surface area contributed by atoms with Gasteiger partial charge in [-0.05, 0) is 37.5 Å². The molecule has 0 nitrogen and oxygen atoms in total. The maximum atomic E-state index is 12.5. The van der Waals surface area contributed by atoms with Crippen molar-refractivity contribution in [3.63, 3.8) is 0 Å². The fourth-order valence-electron chi connectivity index (χ4n) is 1.02. The van der Waals surface area contributed by atoms with Crippen molar-refractivity contribution in [3.8, 4) is 0 Å². The predicted molar refractivity (Wildman–Crippen MR) is 50.0 cm³/mol. The lowest BCUT2D eigenvalue weighted by atomic mass is 10.1. The van der Waals surface area contributed by atoms with E-state index in [9.17, 15) is 4.39 Å². The minimum Gasteiger partial charge on any atom is -0.207 e. The summed E-state index contributed by atoms with van der Waals surface area (Å²) in [5.74, 6) is -0.183. The van der Waals surface area contributed by atoms with Gasteiger partial charge in [0.1, 0.15) is 5.82 Å². The minimum atomic E-state index is -0.183.